The van der Waals surface area contributed by atoms with Crippen LogP contribution in [0.5, 0.6) is 5.75 Å². The van der Waals surface area contributed by atoms with Gasteiger partial charge in [-0.15, -0.1) is 0 Å². The number of hydrogen-bond acceptors (Lipinski definition) is 2. The number of rotatable bonds is 2. The molecule has 72 valence electrons. The molecule has 1 N–H and O–H groups in total. The van der Waals surface area contributed by atoms with Gasteiger partial charge in [0.1, 0.15) is 5.75 Å². The van der Waals surface area contributed by atoms with Crippen LogP contribution in [0.4, 0.5) is 0 Å². The molecule has 0 atom stereocenters. The largest absolute Gasteiger partial charge is 0.441 e. The van der Waals surface area contributed by atoms with Crippen LogP contribution in [0.1, 0.15) is 6.42 Å². The highest BCUT2D eigenvalue weighted by molar-refractivity contribution is 6.30. The van der Waals surface area contributed by atoms with Crippen molar-refractivity contribution in [3.63, 3.8) is 0 Å². The molecule has 0 spiro atoms. The van der Waals surface area contributed by atoms with E-state index in [0.717, 1.165) is 23.8 Å². The standard InChI is InChI=1S/C11H10ClNO/c1-8-2-7-11(13-8)14-10-5-3-9(12)4-6-10/h3-7,13H,1-2H2. The van der Waals surface area contributed by atoms with Crippen molar-refractivity contribution in [2.45, 2.75) is 6.42 Å². The van der Waals surface area contributed by atoms with Gasteiger partial charge in [0.25, 0.3) is 0 Å². The fraction of sp³-hybridized carbons (Fsp3) is 0.0909. The lowest BCUT2D eigenvalue weighted by molar-refractivity contribution is 0.401. The van der Waals surface area contributed by atoms with Gasteiger partial charge in [-0.1, -0.05) is 18.2 Å². The first-order valence-electron chi connectivity index (χ1n) is 4.32. The van der Waals surface area contributed by atoms with Crippen LogP contribution in [-0.2, 0) is 0 Å². The van der Waals surface area contributed by atoms with E-state index in [2.05, 4.69) is 11.9 Å². The fourth-order valence-electron chi connectivity index (χ4n) is 1.19. The Morgan fingerprint density at radius 1 is 1.29 bits per heavy atom. The molecule has 0 saturated carbocycles. The summed E-state index contributed by atoms with van der Waals surface area (Å²) in [6.45, 7) is 3.80. The van der Waals surface area contributed by atoms with Gasteiger partial charge in [-0.05, 0) is 30.3 Å². The van der Waals surface area contributed by atoms with E-state index in [9.17, 15) is 0 Å². The average Bonchev–Trinajstić information content (AvgIpc) is 2.56. The first-order valence-corrected chi connectivity index (χ1v) is 4.70. The molecule has 14 heavy (non-hydrogen) atoms. The second-order valence-corrected chi connectivity index (χ2v) is 3.49. The number of hydrogen-bond donors (Lipinski definition) is 1. The Balaban J connectivity index is 2.04. The highest BCUT2D eigenvalue weighted by Gasteiger charge is 2.08. The highest BCUT2D eigenvalue weighted by Crippen LogP contribution is 2.19. The Morgan fingerprint density at radius 2 is 2.00 bits per heavy atom. The Kier molecular flexibility index (Phi) is 2.46. The van der Waals surface area contributed by atoms with Crippen LogP contribution in [0.2, 0.25) is 5.02 Å². The van der Waals surface area contributed by atoms with Gasteiger partial charge in [-0.3, -0.25) is 0 Å². The van der Waals surface area contributed by atoms with Crippen molar-refractivity contribution in [3.05, 3.63) is 53.5 Å². The molecule has 1 aromatic rings. The summed E-state index contributed by atoms with van der Waals surface area (Å²) < 4.78 is 5.53. The summed E-state index contributed by atoms with van der Waals surface area (Å²) in [6.07, 6.45) is 2.78. The van der Waals surface area contributed by atoms with Crippen LogP contribution in [0.15, 0.2) is 48.5 Å². The maximum Gasteiger partial charge on any atom is 0.193 e. The van der Waals surface area contributed by atoms with Gasteiger partial charge in [0, 0.05) is 17.1 Å². The Labute approximate surface area is 87.8 Å². The molecule has 1 aromatic carbocycles. The van der Waals surface area contributed by atoms with E-state index in [1.165, 1.54) is 0 Å². The van der Waals surface area contributed by atoms with E-state index in [-0.39, 0.29) is 0 Å². The van der Waals surface area contributed by atoms with Gasteiger partial charge in [0.15, 0.2) is 5.88 Å². The van der Waals surface area contributed by atoms with Crippen LogP contribution >= 0.6 is 11.6 Å². The second-order valence-electron chi connectivity index (χ2n) is 3.06. The highest BCUT2D eigenvalue weighted by atomic mass is 35.5. The zero-order valence-electron chi connectivity index (χ0n) is 7.59. The first kappa shape index (κ1) is 9.16. The van der Waals surface area contributed by atoms with Crippen molar-refractivity contribution < 1.29 is 4.74 Å². The number of allylic oxidation sites excluding steroid dienone is 1. The van der Waals surface area contributed by atoms with Gasteiger partial charge < -0.3 is 10.1 Å². The summed E-state index contributed by atoms with van der Waals surface area (Å²) in [7, 11) is 0. The van der Waals surface area contributed by atoms with E-state index < -0.39 is 0 Å². The van der Waals surface area contributed by atoms with Crippen LogP contribution in [0.25, 0.3) is 0 Å². The summed E-state index contributed by atoms with van der Waals surface area (Å²) in [6, 6.07) is 7.24. The normalized spacial score (nSPS) is 14.9. The molecule has 1 heterocycles. The fourth-order valence-corrected chi connectivity index (χ4v) is 1.31. The SMILES string of the molecule is C=C1CC=C(Oc2ccc(Cl)cc2)N1. The lowest BCUT2D eigenvalue weighted by Gasteiger charge is -2.07. The third-order valence-electron chi connectivity index (χ3n) is 1.88. The molecule has 3 heteroatoms. The van der Waals surface area contributed by atoms with Crippen molar-refractivity contribution in [1.29, 1.82) is 0 Å². The number of nitrogens with one attached hydrogen (secondary N) is 1. The van der Waals surface area contributed by atoms with Crippen LogP contribution in [0.3, 0.4) is 0 Å². The van der Waals surface area contributed by atoms with Gasteiger partial charge in [0.05, 0.1) is 0 Å². The molecule has 2 rings (SSSR count). The van der Waals surface area contributed by atoms with E-state index in [1.807, 2.05) is 18.2 Å². The molecule has 2 nitrogen and oxygen atoms in total. The molecule has 0 bridgehead atoms. The Morgan fingerprint density at radius 3 is 2.57 bits per heavy atom. The topological polar surface area (TPSA) is 21.3 Å². The first-order chi connectivity index (χ1) is 6.74. The Bertz CT molecular complexity index is 381. The van der Waals surface area contributed by atoms with Crippen molar-refractivity contribution >= 4 is 11.6 Å². The lowest BCUT2D eigenvalue weighted by atomic mass is 10.3. The van der Waals surface area contributed by atoms with Gasteiger partial charge >= 0.3 is 0 Å². The third kappa shape index (κ3) is 2.09. The summed E-state index contributed by atoms with van der Waals surface area (Å²) in [5.41, 5.74) is 0.953. The monoisotopic (exact) mass is 207 g/mol. The summed E-state index contributed by atoms with van der Waals surface area (Å²) in [4.78, 5) is 0. The van der Waals surface area contributed by atoms with E-state index >= 15 is 0 Å². The predicted molar refractivity (Wildman–Crippen MR) is 57.1 cm³/mol. The Hall–Kier alpha value is -1.41. The van der Waals surface area contributed by atoms with Crippen LogP contribution in [-0.4, -0.2) is 0 Å². The van der Waals surface area contributed by atoms with Crippen molar-refractivity contribution in [3.8, 4) is 5.75 Å². The molecule has 0 aromatic heterocycles. The van der Waals surface area contributed by atoms with Gasteiger partial charge in [-0.2, -0.15) is 0 Å². The maximum absolute atomic E-state index is 5.75. The van der Waals surface area contributed by atoms with Crippen LogP contribution < -0.4 is 10.1 Å². The number of ether oxygens (including phenoxy) is 1. The van der Waals surface area contributed by atoms with Crippen molar-refractivity contribution in [2.75, 3.05) is 0 Å². The zero-order chi connectivity index (χ0) is 9.97. The van der Waals surface area contributed by atoms with E-state index in [1.54, 1.807) is 12.1 Å². The van der Waals surface area contributed by atoms with Crippen molar-refractivity contribution in [2.24, 2.45) is 0 Å². The van der Waals surface area contributed by atoms with E-state index in [4.69, 9.17) is 16.3 Å². The molecule has 1 aliphatic heterocycles. The van der Waals surface area contributed by atoms with Crippen LogP contribution in [0, 0.1) is 0 Å². The minimum absolute atomic E-state index is 0.704. The quantitative estimate of drug-likeness (QED) is 0.805. The average molecular weight is 208 g/mol. The molecule has 0 radical (unpaired) electrons. The molecule has 0 fully saturated rings. The molecule has 0 aliphatic carbocycles. The lowest BCUT2D eigenvalue weighted by Crippen LogP contribution is -2.10. The molecule has 1 aliphatic rings. The second kappa shape index (κ2) is 3.76. The molecular formula is C11H10ClNO. The number of halogens is 1. The summed E-state index contributed by atoms with van der Waals surface area (Å²) in [5.74, 6) is 1.50. The third-order valence-corrected chi connectivity index (χ3v) is 2.13. The molecular weight excluding hydrogens is 198 g/mol. The minimum atomic E-state index is 0.704. The van der Waals surface area contributed by atoms with Gasteiger partial charge in [-0.25, -0.2) is 0 Å². The summed E-state index contributed by atoms with van der Waals surface area (Å²) in [5, 5.41) is 3.73. The number of benzene rings is 1. The minimum Gasteiger partial charge on any atom is -0.441 e. The maximum atomic E-state index is 5.75. The molecule has 0 saturated heterocycles. The smallest absolute Gasteiger partial charge is 0.193 e. The van der Waals surface area contributed by atoms with E-state index in [0.29, 0.717) is 5.02 Å². The molecule has 0 amide bonds. The van der Waals surface area contributed by atoms with Crippen molar-refractivity contribution in [1.82, 2.24) is 5.32 Å². The zero-order valence-corrected chi connectivity index (χ0v) is 8.34. The predicted octanol–water partition coefficient (Wildman–Crippen LogP) is 3.07. The van der Waals surface area contributed by atoms with Gasteiger partial charge in [0.2, 0.25) is 0 Å². The summed E-state index contributed by atoms with van der Waals surface area (Å²) >= 11 is 5.75. The molecule has 0 unspecified atom stereocenters.